The summed E-state index contributed by atoms with van der Waals surface area (Å²) in [6.45, 7) is 11.4. The highest BCUT2D eigenvalue weighted by atomic mass is 16.6. The highest BCUT2D eigenvalue weighted by Crippen LogP contribution is 2.17. The smallest absolute Gasteiger partial charge is 0.348 e. The maximum Gasteiger partial charge on any atom is 0.348 e. The van der Waals surface area contributed by atoms with E-state index in [2.05, 4.69) is 25.3 Å². The second-order valence-corrected chi connectivity index (χ2v) is 6.10. The molecule has 0 bridgehead atoms. The zero-order valence-electron chi connectivity index (χ0n) is 17.3. The Morgan fingerprint density at radius 1 is 1.03 bits per heavy atom. The molecule has 7 nitrogen and oxygen atoms in total. The van der Waals surface area contributed by atoms with Crippen molar-refractivity contribution in [2.45, 2.75) is 20.8 Å². The van der Waals surface area contributed by atoms with Gasteiger partial charge in [0, 0.05) is 24.4 Å². The summed E-state index contributed by atoms with van der Waals surface area (Å²) in [6, 6.07) is 9.48. The summed E-state index contributed by atoms with van der Waals surface area (Å²) < 4.78 is 15.1. The molecule has 0 aromatic heterocycles. The van der Waals surface area contributed by atoms with E-state index in [-0.39, 0.29) is 32.0 Å². The van der Waals surface area contributed by atoms with Gasteiger partial charge in [-0.3, -0.25) is 0 Å². The molecule has 0 spiro atoms. The molecule has 0 radical (unpaired) electrons. The van der Waals surface area contributed by atoms with Gasteiger partial charge in [0.15, 0.2) is 0 Å². The lowest BCUT2D eigenvalue weighted by atomic mass is 10.1. The molecule has 0 aliphatic carbocycles. The van der Waals surface area contributed by atoms with E-state index in [1.807, 2.05) is 30.3 Å². The molecule has 0 amide bonds. The number of nitrogens with zero attached hydrogens (tertiary/aromatic N) is 2. The largest absolute Gasteiger partial charge is 0.460 e. The van der Waals surface area contributed by atoms with Gasteiger partial charge in [0.05, 0.1) is 13.2 Å². The van der Waals surface area contributed by atoms with Crippen molar-refractivity contribution in [2.24, 2.45) is 0 Å². The SMILES string of the molecule is C=C(C)C(=O)OCCOCCOC(=O)C(C#N)=Cc1ccc(N(CC)CC)cc1. The molecule has 0 N–H and O–H groups in total. The first-order valence-corrected chi connectivity index (χ1v) is 9.47. The summed E-state index contributed by atoms with van der Waals surface area (Å²) in [7, 11) is 0. The van der Waals surface area contributed by atoms with Crippen LogP contribution in [-0.4, -0.2) is 51.5 Å². The average Bonchev–Trinajstić information content (AvgIpc) is 2.72. The van der Waals surface area contributed by atoms with E-state index in [4.69, 9.17) is 14.2 Å². The van der Waals surface area contributed by atoms with Gasteiger partial charge in [-0.2, -0.15) is 5.26 Å². The van der Waals surface area contributed by atoms with Crippen LogP contribution >= 0.6 is 0 Å². The van der Waals surface area contributed by atoms with Crippen LogP contribution in [0.5, 0.6) is 0 Å². The fourth-order valence-corrected chi connectivity index (χ4v) is 2.36. The third-order valence-electron chi connectivity index (χ3n) is 3.94. The fraction of sp³-hybridized carbons (Fsp3) is 0.409. The van der Waals surface area contributed by atoms with Crippen molar-refractivity contribution in [3.63, 3.8) is 0 Å². The summed E-state index contributed by atoms with van der Waals surface area (Å²) in [6.07, 6.45) is 1.49. The summed E-state index contributed by atoms with van der Waals surface area (Å²) in [4.78, 5) is 25.4. The number of hydrogen-bond acceptors (Lipinski definition) is 7. The molecular formula is C22H28N2O5. The van der Waals surface area contributed by atoms with Crippen LogP contribution in [0.1, 0.15) is 26.3 Å². The first-order valence-electron chi connectivity index (χ1n) is 9.47. The fourth-order valence-electron chi connectivity index (χ4n) is 2.36. The van der Waals surface area contributed by atoms with Gasteiger partial charge in [0.25, 0.3) is 0 Å². The third kappa shape index (κ3) is 8.62. The highest BCUT2D eigenvalue weighted by molar-refractivity contribution is 5.97. The Labute approximate surface area is 172 Å². The van der Waals surface area contributed by atoms with E-state index < -0.39 is 11.9 Å². The van der Waals surface area contributed by atoms with Gasteiger partial charge in [-0.15, -0.1) is 0 Å². The van der Waals surface area contributed by atoms with Crippen LogP contribution in [0.15, 0.2) is 42.0 Å². The van der Waals surface area contributed by atoms with E-state index in [1.54, 1.807) is 6.92 Å². The number of anilines is 1. The zero-order chi connectivity index (χ0) is 21.6. The molecule has 0 aliphatic rings. The van der Waals surface area contributed by atoms with E-state index in [0.717, 1.165) is 24.3 Å². The van der Waals surface area contributed by atoms with Crippen molar-refractivity contribution in [3.8, 4) is 6.07 Å². The highest BCUT2D eigenvalue weighted by Gasteiger charge is 2.11. The number of esters is 2. The molecule has 0 saturated heterocycles. The molecule has 0 aliphatic heterocycles. The molecule has 0 saturated carbocycles. The summed E-state index contributed by atoms with van der Waals surface area (Å²) in [5.41, 5.74) is 2.05. The maximum absolute atomic E-state index is 12.0. The van der Waals surface area contributed by atoms with Gasteiger partial charge in [0.1, 0.15) is 24.9 Å². The van der Waals surface area contributed by atoms with Crippen LogP contribution in [0.4, 0.5) is 5.69 Å². The van der Waals surface area contributed by atoms with E-state index in [0.29, 0.717) is 5.57 Å². The third-order valence-corrected chi connectivity index (χ3v) is 3.94. The Balaban J connectivity index is 2.44. The van der Waals surface area contributed by atoms with Gasteiger partial charge < -0.3 is 19.1 Å². The normalized spacial score (nSPS) is 10.8. The van der Waals surface area contributed by atoms with E-state index in [9.17, 15) is 14.9 Å². The lowest BCUT2D eigenvalue weighted by molar-refractivity contribution is -0.141. The van der Waals surface area contributed by atoms with E-state index >= 15 is 0 Å². The molecule has 7 heteroatoms. The maximum atomic E-state index is 12.0. The number of benzene rings is 1. The molecular weight excluding hydrogens is 372 g/mol. The summed E-state index contributed by atoms with van der Waals surface area (Å²) >= 11 is 0. The van der Waals surface area contributed by atoms with E-state index in [1.165, 1.54) is 6.08 Å². The van der Waals surface area contributed by atoms with Gasteiger partial charge >= 0.3 is 11.9 Å². The van der Waals surface area contributed by atoms with Crippen LogP contribution < -0.4 is 4.90 Å². The van der Waals surface area contributed by atoms with Gasteiger partial charge in [-0.1, -0.05) is 18.7 Å². The number of nitriles is 1. The minimum atomic E-state index is -0.711. The van der Waals surface area contributed by atoms with Crippen molar-refractivity contribution in [1.29, 1.82) is 5.26 Å². The van der Waals surface area contributed by atoms with Crippen LogP contribution in [0.2, 0.25) is 0 Å². The summed E-state index contributed by atoms with van der Waals surface area (Å²) in [5.74, 6) is -1.19. The number of carbonyl (C=O) groups is 2. The Hall–Kier alpha value is -3.11. The first kappa shape index (κ1) is 23.9. The molecule has 29 heavy (non-hydrogen) atoms. The topological polar surface area (TPSA) is 88.9 Å². The van der Waals surface area contributed by atoms with Crippen molar-refractivity contribution >= 4 is 23.7 Å². The standard InChI is InChI=1S/C22H28N2O5/c1-5-24(6-2)20-9-7-18(8-10-20)15-19(16-23)22(26)29-14-12-27-11-13-28-21(25)17(3)4/h7-10,15H,3,5-6,11-14H2,1-2,4H3. The van der Waals surface area contributed by atoms with Crippen molar-refractivity contribution in [1.82, 2.24) is 0 Å². The average molecular weight is 400 g/mol. The Morgan fingerprint density at radius 2 is 1.59 bits per heavy atom. The van der Waals surface area contributed by atoms with Crippen LogP contribution in [0.25, 0.3) is 6.08 Å². The first-order chi connectivity index (χ1) is 13.9. The molecule has 1 rings (SSSR count). The lowest BCUT2D eigenvalue weighted by Gasteiger charge is -2.20. The minimum absolute atomic E-state index is 0.00676. The number of hydrogen-bond donors (Lipinski definition) is 0. The second-order valence-electron chi connectivity index (χ2n) is 6.10. The lowest BCUT2D eigenvalue weighted by Crippen LogP contribution is -2.21. The molecule has 156 valence electrons. The number of carbonyl (C=O) groups excluding carboxylic acids is 2. The van der Waals surface area contributed by atoms with Crippen molar-refractivity contribution < 1.29 is 23.8 Å². The molecule has 1 aromatic rings. The Bertz CT molecular complexity index is 758. The monoisotopic (exact) mass is 400 g/mol. The van der Waals surface area contributed by atoms with Crippen LogP contribution in [0.3, 0.4) is 0 Å². The summed E-state index contributed by atoms with van der Waals surface area (Å²) in [5, 5.41) is 9.23. The van der Waals surface area contributed by atoms with Gasteiger partial charge in [-0.05, 0) is 44.5 Å². The van der Waals surface area contributed by atoms with Crippen LogP contribution in [-0.2, 0) is 23.8 Å². The quantitative estimate of drug-likeness (QED) is 0.230. The Morgan fingerprint density at radius 3 is 2.07 bits per heavy atom. The second kappa shape index (κ2) is 13.1. The van der Waals surface area contributed by atoms with Gasteiger partial charge in [-0.25, -0.2) is 9.59 Å². The zero-order valence-corrected chi connectivity index (χ0v) is 17.3. The number of rotatable bonds is 12. The molecule has 0 unspecified atom stereocenters. The molecule has 1 aromatic carbocycles. The number of ether oxygens (including phenoxy) is 3. The van der Waals surface area contributed by atoms with Crippen molar-refractivity contribution in [2.75, 3.05) is 44.4 Å². The van der Waals surface area contributed by atoms with Gasteiger partial charge in [0.2, 0.25) is 0 Å². The molecule has 0 fully saturated rings. The predicted molar refractivity (Wildman–Crippen MR) is 111 cm³/mol. The molecule has 0 atom stereocenters. The predicted octanol–water partition coefficient (Wildman–Crippen LogP) is 3.12. The minimum Gasteiger partial charge on any atom is -0.460 e. The molecule has 0 heterocycles. The van der Waals surface area contributed by atoms with Crippen molar-refractivity contribution in [3.05, 3.63) is 47.6 Å². The Kier molecular flexibility index (Phi) is 10.8. The van der Waals surface area contributed by atoms with Crippen LogP contribution in [0, 0.1) is 11.3 Å².